The molecule has 1 spiro atoms. The van der Waals surface area contributed by atoms with Crippen LogP contribution < -0.4 is 0 Å². The highest BCUT2D eigenvalue weighted by atomic mass is 16.7. The molecule has 3 aliphatic rings. The van der Waals surface area contributed by atoms with Crippen molar-refractivity contribution in [2.24, 2.45) is 11.8 Å². The Morgan fingerprint density at radius 1 is 1.17 bits per heavy atom. The molecule has 3 rings (SSSR count). The number of hydrogen-bond acceptors (Lipinski definition) is 3. The van der Waals surface area contributed by atoms with E-state index >= 15 is 0 Å². The van der Waals surface area contributed by atoms with Crippen LogP contribution in [-0.2, 0) is 9.47 Å². The Hall–Kier alpha value is -0.120. The van der Waals surface area contributed by atoms with Gasteiger partial charge in [0.15, 0.2) is 5.79 Å². The van der Waals surface area contributed by atoms with Gasteiger partial charge in [0.2, 0.25) is 0 Å². The highest BCUT2D eigenvalue weighted by Gasteiger charge is 2.58. The molecule has 2 bridgehead atoms. The molecule has 0 amide bonds. The first-order chi connectivity index (χ1) is 5.80. The minimum atomic E-state index is -0.274. The van der Waals surface area contributed by atoms with Crippen molar-refractivity contribution in [3.8, 4) is 0 Å². The van der Waals surface area contributed by atoms with Crippen LogP contribution in [0.4, 0.5) is 0 Å². The topological polar surface area (TPSA) is 38.7 Å². The van der Waals surface area contributed by atoms with E-state index in [0.29, 0.717) is 11.8 Å². The average Bonchev–Trinajstić information content (AvgIpc) is 2.68. The van der Waals surface area contributed by atoms with Crippen molar-refractivity contribution in [1.29, 1.82) is 0 Å². The first-order valence-electron chi connectivity index (χ1n) is 4.76. The van der Waals surface area contributed by atoms with Crippen LogP contribution in [-0.4, -0.2) is 30.2 Å². The molecule has 2 aliphatic carbocycles. The van der Waals surface area contributed by atoms with E-state index in [1.165, 1.54) is 0 Å². The van der Waals surface area contributed by atoms with Crippen LogP contribution in [0, 0.1) is 11.8 Å². The largest absolute Gasteiger partial charge is 0.393 e. The molecule has 2 saturated carbocycles. The third kappa shape index (κ3) is 0.767. The van der Waals surface area contributed by atoms with E-state index < -0.39 is 0 Å². The molecule has 0 aromatic heterocycles. The van der Waals surface area contributed by atoms with Gasteiger partial charge in [-0.3, -0.25) is 0 Å². The Morgan fingerprint density at radius 3 is 2.42 bits per heavy atom. The lowest BCUT2D eigenvalue weighted by Gasteiger charge is -2.33. The summed E-state index contributed by atoms with van der Waals surface area (Å²) in [6, 6.07) is 0. The van der Waals surface area contributed by atoms with Crippen molar-refractivity contribution >= 4 is 0 Å². The average molecular weight is 170 g/mol. The maximum absolute atomic E-state index is 9.55. The van der Waals surface area contributed by atoms with Crippen molar-refractivity contribution in [3.05, 3.63) is 0 Å². The molecule has 3 fully saturated rings. The normalized spacial score (nSPS) is 49.2. The molecule has 0 aromatic rings. The maximum atomic E-state index is 9.55. The van der Waals surface area contributed by atoms with Crippen LogP contribution >= 0.6 is 0 Å². The van der Waals surface area contributed by atoms with E-state index in [9.17, 15) is 5.11 Å². The molecular formula is C9H14O3. The van der Waals surface area contributed by atoms with Crippen LogP contribution in [0.2, 0.25) is 0 Å². The van der Waals surface area contributed by atoms with Crippen molar-refractivity contribution in [1.82, 2.24) is 0 Å². The molecule has 1 N–H and O–H groups in total. The molecule has 1 heterocycles. The van der Waals surface area contributed by atoms with E-state index in [1.807, 2.05) is 0 Å². The van der Waals surface area contributed by atoms with E-state index in [0.717, 1.165) is 32.5 Å². The van der Waals surface area contributed by atoms with E-state index in [2.05, 4.69) is 0 Å². The summed E-state index contributed by atoms with van der Waals surface area (Å²) in [7, 11) is 0. The molecule has 0 aromatic carbocycles. The molecule has 1 saturated heterocycles. The van der Waals surface area contributed by atoms with Crippen molar-refractivity contribution < 1.29 is 14.6 Å². The zero-order valence-electron chi connectivity index (χ0n) is 7.03. The van der Waals surface area contributed by atoms with E-state index in [1.54, 1.807) is 0 Å². The lowest BCUT2D eigenvalue weighted by atomic mass is 9.92. The van der Waals surface area contributed by atoms with Gasteiger partial charge < -0.3 is 14.6 Å². The molecule has 3 atom stereocenters. The van der Waals surface area contributed by atoms with Gasteiger partial charge >= 0.3 is 0 Å². The van der Waals surface area contributed by atoms with Crippen molar-refractivity contribution in [2.75, 3.05) is 13.2 Å². The summed E-state index contributed by atoms with van der Waals surface area (Å²) in [5.74, 6) is 0.622. The van der Waals surface area contributed by atoms with E-state index in [-0.39, 0.29) is 11.9 Å². The fourth-order valence-electron chi connectivity index (χ4n) is 3.04. The smallest absolute Gasteiger partial charge is 0.171 e. The monoisotopic (exact) mass is 170 g/mol. The fraction of sp³-hybridized carbons (Fsp3) is 1.00. The van der Waals surface area contributed by atoms with Gasteiger partial charge in [0.25, 0.3) is 0 Å². The zero-order chi connectivity index (χ0) is 8.18. The molecular weight excluding hydrogens is 156 g/mol. The Labute approximate surface area is 71.7 Å². The van der Waals surface area contributed by atoms with Gasteiger partial charge in [-0.1, -0.05) is 0 Å². The zero-order valence-corrected chi connectivity index (χ0v) is 7.03. The predicted molar refractivity (Wildman–Crippen MR) is 41.5 cm³/mol. The standard InChI is InChI=1S/C9H14O3/c10-8-4-7-3-6(8)5-9(7)11-1-2-12-9/h6-8,10H,1-5H2/t6-,7-,8?/m1/s1. The number of fused-ring (bicyclic) bond motifs is 3. The Kier molecular flexibility index (Phi) is 1.35. The predicted octanol–water partition coefficient (Wildman–Crippen LogP) is 0.520. The van der Waals surface area contributed by atoms with Gasteiger partial charge in [-0.05, 0) is 18.8 Å². The summed E-state index contributed by atoms with van der Waals surface area (Å²) in [6.45, 7) is 1.47. The highest BCUT2D eigenvalue weighted by Crippen LogP contribution is 2.54. The highest BCUT2D eigenvalue weighted by molar-refractivity contribution is 5.02. The second-order valence-corrected chi connectivity index (χ2v) is 4.21. The third-order valence-electron chi connectivity index (χ3n) is 3.60. The SMILES string of the molecule is OC1C[C@H]2C[C@@H]1CC21OCCO1. The quantitative estimate of drug-likeness (QED) is 0.576. The minimum absolute atomic E-state index is 0.0894. The summed E-state index contributed by atoms with van der Waals surface area (Å²) in [5.41, 5.74) is 0. The van der Waals surface area contributed by atoms with Crippen molar-refractivity contribution in [3.63, 3.8) is 0 Å². The molecule has 1 unspecified atom stereocenters. The van der Waals surface area contributed by atoms with Crippen LogP contribution in [0.5, 0.6) is 0 Å². The summed E-state index contributed by atoms with van der Waals surface area (Å²) in [6.07, 6.45) is 2.80. The Bertz CT molecular complexity index is 196. The number of aliphatic hydroxyl groups is 1. The number of rotatable bonds is 0. The number of ether oxygens (including phenoxy) is 2. The second kappa shape index (κ2) is 2.22. The Balaban J connectivity index is 1.85. The molecule has 12 heavy (non-hydrogen) atoms. The van der Waals surface area contributed by atoms with Gasteiger partial charge in [-0.15, -0.1) is 0 Å². The van der Waals surface area contributed by atoms with E-state index in [4.69, 9.17) is 9.47 Å². The summed E-state index contributed by atoms with van der Waals surface area (Å²) >= 11 is 0. The summed E-state index contributed by atoms with van der Waals surface area (Å²) in [5, 5.41) is 9.55. The van der Waals surface area contributed by atoms with Crippen LogP contribution in [0.25, 0.3) is 0 Å². The first kappa shape index (κ1) is 7.30. The second-order valence-electron chi connectivity index (χ2n) is 4.21. The van der Waals surface area contributed by atoms with Crippen LogP contribution in [0.15, 0.2) is 0 Å². The molecule has 3 heteroatoms. The minimum Gasteiger partial charge on any atom is -0.393 e. The van der Waals surface area contributed by atoms with Gasteiger partial charge in [-0.25, -0.2) is 0 Å². The fourth-order valence-corrected chi connectivity index (χ4v) is 3.04. The molecule has 68 valence electrons. The van der Waals surface area contributed by atoms with Gasteiger partial charge in [-0.2, -0.15) is 0 Å². The van der Waals surface area contributed by atoms with Gasteiger partial charge in [0, 0.05) is 12.3 Å². The molecule has 1 aliphatic heterocycles. The van der Waals surface area contributed by atoms with Gasteiger partial charge in [0.1, 0.15) is 0 Å². The number of hydrogen-bond donors (Lipinski definition) is 1. The Morgan fingerprint density at radius 2 is 1.92 bits per heavy atom. The van der Waals surface area contributed by atoms with Gasteiger partial charge in [0.05, 0.1) is 19.3 Å². The van der Waals surface area contributed by atoms with Crippen LogP contribution in [0.3, 0.4) is 0 Å². The van der Waals surface area contributed by atoms with Crippen molar-refractivity contribution in [2.45, 2.75) is 31.2 Å². The molecule has 3 nitrogen and oxygen atoms in total. The number of aliphatic hydroxyl groups excluding tert-OH is 1. The first-order valence-corrected chi connectivity index (χ1v) is 4.76. The maximum Gasteiger partial charge on any atom is 0.171 e. The lowest BCUT2D eigenvalue weighted by molar-refractivity contribution is -0.199. The third-order valence-corrected chi connectivity index (χ3v) is 3.60. The summed E-state index contributed by atoms with van der Waals surface area (Å²) in [4.78, 5) is 0. The molecule has 0 radical (unpaired) electrons. The summed E-state index contributed by atoms with van der Waals surface area (Å²) < 4.78 is 11.3. The van der Waals surface area contributed by atoms with Crippen LogP contribution in [0.1, 0.15) is 19.3 Å². The lowest BCUT2D eigenvalue weighted by Crippen LogP contribution is -2.39.